The molecule has 2 nitrogen and oxygen atoms in total. The van der Waals surface area contributed by atoms with E-state index < -0.39 is 0 Å². The Labute approximate surface area is 68.2 Å². The van der Waals surface area contributed by atoms with Gasteiger partial charge in [-0.2, -0.15) is 11.3 Å². The predicted molar refractivity (Wildman–Crippen MR) is 44.4 cm³/mol. The van der Waals surface area contributed by atoms with Gasteiger partial charge < -0.3 is 0 Å². The average Bonchev–Trinajstić information content (AvgIpc) is 2.52. The number of aldehydes is 2. The molecule has 0 saturated carbocycles. The molecule has 0 fully saturated rings. The van der Waals surface area contributed by atoms with Gasteiger partial charge in [0.1, 0.15) is 0 Å². The summed E-state index contributed by atoms with van der Waals surface area (Å²) in [5, 5.41) is 3.76. The van der Waals surface area contributed by atoms with Gasteiger partial charge in [0.25, 0.3) is 0 Å². The second-order valence-corrected chi connectivity index (χ2v) is 2.72. The summed E-state index contributed by atoms with van der Waals surface area (Å²) in [6, 6.07) is 1.84. The van der Waals surface area contributed by atoms with Crippen molar-refractivity contribution in [2.75, 3.05) is 0 Å². The largest absolute Gasteiger partial charge is 0.298 e. The highest BCUT2D eigenvalue weighted by Gasteiger charge is 1.92. The van der Waals surface area contributed by atoms with E-state index in [9.17, 15) is 9.59 Å². The Kier molecular flexibility index (Phi) is 2.74. The van der Waals surface area contributed by atoms with Gasteiger partial charge in [-0.1, -0.05) is 0 Å². The fraction of sp³-hybridized carbons (Fsp3) is 0. The zero-order valence-electron chi connectivity index (χ0n) is 5.69. The summed E-state index contributed by atoms with van der Waals surface area (Å²) in [4.78, 5) is 20.3. The van der Waals surface area contributed by atoms with Crippen molar-refractivity contribution in [1.82, 2.24) is 0 Å². The molecule has 0 bridgehead atoms. The molecule has 1 heterocycles. The van der Waals surface area contributed by atoms with Crippen molar-refractivity contribution in [2.45, 2.75) is 0 Å². The topological polar surface area (TPSA) is 34.1 Å². The molecule has 0 aliphatic rings. The quantitative estimate of drug-likeness (QED) is 0.295. The van der Waals surface area contributed by atoms with Gasteiger partial charge >= 0.3 is 0 Å². The second kappa shape index (κ2) is 3.83. The first-order valence-corrected chi connectivity index (χ1v) is 3.95. The summed E-state index contributed by atoms with van der Waals surface area (Å²) in [7, 11) is 0. The lowest BCUT2D eigenvalue weighted by molar-refractivity contribution is -0.109. The van der Waals surface area contributed by atoms with Crippen molar-refractivity contribution >= 4 is 30.0 Å². The van der Waals surface area contributed by atoms with Gasteiger partial charge in [0, 0.05) is 0 Å². The highest BCUT2D eigenvalue weighted by Crippen LogP contribution is 2.08. The Balaban J connectivity index is 2.87. The maximum Gasteiger partial charge on any atom is 0.153 e. The Morgan fingerprint density at radius 3 is 2.55 bits per heavy atom. The van der Waals surface area contributed by atoms with Gasteiger partial charge in [-0.25, -0.2) is 0 Å². The predicted octanol–water partition coefficient (Wildman–Crippen LogP) is 1.53. The molecule has 0 aliphatic carbocycles. The summed E-state index contributed by atoms with van der Waals surface area (Å²) < 4.78 is 0. The Hall–Kier alpha value is -1.22. The molecule has 56 valence electrons. The number of thiophene rings is 1. The smallest absolute Gasteiger partial charge is 0.153 e. The first-order valence-electron chi connectivity index (χ1n) is 3.01. The van der Waals surface area contributed by atoms with Gasteiger partial charge in [0.05, 0.1) is 5.57 Å². The normalized spacial score (nSPS) is 8.73. The van der Waals surface area contributed by atoms with E-state index in [2.05, 4.69) is 0 Å². The lowest BCUT2D eigenvalue weighted by Gasteiger charge is -1.83. The minimum atomic E-state index is 0.170. The maximum absolute atomic E-state index is 10.2. The Bertz CT molecular complexity index is 262. The molecule has 11 heavy (non-hydrogen) atoms. The van der Waals surface area contributed by atoms with E-state index >= 15 is 0 Å². The van der Waals surface area contributed by atoms with Crippen molar-refractivity contribution in [2.24, 2.45) is 0 Å². The lowest BCUT2D eigenvalue weighted by Crippen LogP contribution is -1.83. The van der Waals surface area contributed by atoms with Crippen LogP contribution in [0.2, 0.25) is 0 Å². The average molecular weight is 166 g/mol. The zero-order valence-corrected chi connectivity index (χ0v) is 6.51. The minimum absolute atomic E-state index is 0.170. The van der Waals surface area contributed by atoms with Crippen molar-refractivity contribution in [3.63, 3.8) is 0 Å². The fourth-order valence-corrected chi connectivity index (χ4v) is 1.26. The summed E-state index contributed by atoms with van der Waals surface area (Å²) in [6.07, 6.45) is 2.64. The van der Waals surface area contributed by atoms with E-state index in [0.29, 0.717) is 12.6 Å². The van der Waals surface area contributed by atoms with Crippen molar-refractivity contribution < 1.29 is 9.59 Å². The van der Waals surface area contributed by atoms with Crippen LogP contribution < -0.4 is 0 Å². The van der Waals surface area contributed by atoms with E-state index in [1.54, 1.807) is 6.08 Å². The number of allylic oxidation sites excluding steroid dienone is 1. The van der Waals surface area contributed by atoms with Gasteiger partial charge in [-0.3, -0.25) is 9.59 Å². The molecule has 1 aromatic rings. The Morgan fingerprint density at radius 2 is 2.09 bits per heavy atom. The minimum Gasteiger partial charge on any atom is -0.298 e. The second-order valence-electron chi connectivity index (χ2n) is 1.94. The van der Waals surface area contributed by atoms with Crippen molar-refractivity contribution in [1.29, 1.82) is 0 Å². The van der Waals surface area contributed by atoms with E-state index in [-0.39, 0.29) is 5.57 Å². The number of rotatable bonds is 3. The number of hydrogen-bond acceptors (Lipinski definition) is 3. The van der Waals surface area contributed by atoms with Crippen LogP contribution in [0.4, 0.5) is 0 Å². The summed E-state index contributed by atoms with van der Waals surface area (Å²) in [5.41, 5.74) is 1.06. The van der Waals surface area contributed by atoms with Gasteiger partial charge in [-0.15, -0.1) is 0 Å². The summed E-state index contributed by atoms with van der Waals surface area (Å²) in [6.45, 7) is 0. The number of carbonyl (C=O) groups is 2. The van der Waals surface area contributed by atoms with Crippen LogP contribution in [0, 0.1) is 0 Å². The molecule has 0 aliphatic heterocycles. The van der Waals surface area contributed by atoms with Gasteiger partial charge in [0.15, 0.2) is 12.6 Å². The van der Waals surface area contributed by atoms with Gasteiger partial charge in [0.2, 0.25) is 0 Å². The molecule has 1 aromatic heterocycles. The third kappa shape index (κ3) is 2.13. The zero-order chi connectivity index (χ0) is 8.10. The fourth-order valence-electron chi connectivity index (χ4n) is 0.645. The maximum atomic E-state index is 10.2. The lowest BCUT2D eigenvalue weighted by atomic mass is 10.2. The molecule has 0 amide bonds. The van der Waals surface area contributed by atoms with E-state index in [1.165, 1.54) is 11.3 Å². The van der Waals surface area contributed by atoms with Crippen LogP contribution >= 0.6 is 11.3 Å². The molecule has 0 spiro atoms. The summed E-state index contributed by atoms with van der Waals surface area (Å²) in [5.74, 6) is 0. The standard InChI is InChI=1S/C8H6O2S/c9-4-8(5-10)3-7-1-2-11-6-7/h1-6H. The van der Waals surface area contributed by atoms with Crippen molar-refractivity contribution in [3.05, 3.63) is 28.0 Å². The highest BCUT2D eigenvalue weighted by atomic mass is 32.1. The van der Waals surface area contributed by atoms with Crippen LogP contribution in [0.25, 0.3) is 6.08 Å². The van der Waals surface area contributed by atoms with E-state index in [4.69, 9.17) is 0 Å². The first kappa shape index (κ1) is 7.88. The monoisotopic (exact) mass is 166 g/mol. The molecule has 3 heteroatoms. The molecule has 0 radical (unpaired) electrons. The molecule has 0 unspecified atom stereocenters. The van der Waals surface area contributed by atoms with Gasteiger partial charge in [-0.05, 0) is 28.5 Å². The van der Waals surface area contributed by atoms with Crippen LogP contribution in [-0.2, 0) is 9.59 Å². The highest BCUT2D eigenvalue weighted by molar-refractivity contribution is 7.08. The Morgan fingerprint density at radius 1 is 1.36 bits per heavy atom. The van der Waals surface area contributed by atoms with Crippen molar-refractivity contribution in [3.8, 4) is 0 Å². The van der Waals surface area contributed by atoms with Crippen LogP contribution in [0.3, 0.4) is 0 Å². The van der Waals surface area contributed by atoms with Crippen LogP contribution in [0.15, 0.2) is 22.4 Å². The number of carbonyl (C=O) groups excluding carboxylic acids is 2. The molecule has 0 saturated heterocycles. The molecule has 1 rings (SSSR count). The third-order valence-corrected chi connectivity index (χ3v) is 1.85. The molecule has 0 N–H and O–H groups in total. The molecule has 0 aromatic carbocycles. The summed E-state index contributed by atoms with van der Waals surface area (Å²) >= 11 is 1.53. The van der Waals surface area contributed by atoms with E-state index in [1.807, 2.05) is 16.8 Å². The molecular formula is C8H6O2S. The third-order valence-electron chi connectivity index (χ3n) is 1.15. The van der Waals surface area contributed by atoms with Crippen LogP contribution in [-0.4, -0.2) is 12.6 Å². The number of hydrogen-bond donors (Lipinski definition) is 0. The van der Waals surface area contributed by atoms with Crippen LogP contribution in [0.1, 0.15) is 5.56 Å². The first-order chi connectivity index (χ1) is 5.36. The SMILES string of the molecule is O=CC(C=O)=Cc1ccsc1. The van der Waals surface area contributed by atoms with E-state index in [0.717, 1.165) is 5.56 Å². The molecule has 0 atom stereocenters. The van der Waals surface area contributed by atoms with Crippen LogP contribution in [0.5, 0.6) is 0 Å². The molecular weight excluding hydrogens is 160 g/mol.